The maximum absolute atomic E-state index is 12.3. The van der Waals surface area contributed by atoms with E-state index >= 15 is 0 Å². The summed E-state index contributed by atoms with van der Waals surface area (Å²) in [6.07, 6.45) is 2.12. The summed E-state index contributed by atoms with van der Waals surface area (Å²) in [4.78, 5) is 22.9. The van der Waals surface area contributed by atoms with Crippen LogP contribution in [0.4, 0.5) is 4.79 Å². The Bertz CT molecular complexity index is 936. The highest BCUT2D eigenvalue weighted by atomic mass is 32.2. The molecule has 30 heavy (non-hydrogen) atoms. The highest BCUT2D eigenvalue weighted by Gasteiger charge is 2.35. The second-order valence-corrected chi connectivity index (χ2v) is 7.86. The molecular weight excluding hydrogens is 408 g/mol. The van der Waals surface area contributed by atoms with Crippen LogP contribution >= 0.6 is 0 Å². The molecule has 0 aliphatic rings. The van der Waals surface area contributed by atoms with Crippen molar-refractivity contribution in [1.82, 2.24) is 9.44 Å². The van der Waals surface area contributed by atoms with Crippen LogP contribution in [-0.4, -0.2) is 41.2 Å². The van der Waals surface area contributed by atoms with Gasteiger partial charge in [0.15, 0.2) is 0 Å². The van der Waals surface area contributed by atoms with E-state index in [9.17, 15) is 18.0 Å². The Labute approximate surface area is 176 Å². The molecule has 0 aliphatic heterocycles. The highest BCUT2D eigenvalue weighted by Crippen LogP contribution is 2.36. The van der Waals surface area contributed by atoms with Crippen LogP contribution in [-0.2, 0) is 29.9 Å². The zero-order valence-electron chi connectivity index (χ0n) is 16.7. The number of benzene rings is 2. The van der Waals surface area contributed by atoms with Gasteiger partial charge in [0.25, 0.3) is 0 Å². The van der Waals surface area contributed by atoms with E-state index in [0.717, 1.165) is 18.2 Å². The number of esters is 1. The van der Waals surface area contributed by atoms with Gasteiger partial charge in [0.1, 0.15) is 0 Å². The lowest BCUT2D eigenvalue weighted by molar-refractivity contribution is -0.134. The maximum atomic E-state index is 12.3. The Morgan fingerprint density at radius 2 is 1.47 bits per heavy atom. The van der Waals surface area contributed by atoms with Gasteiger partial charge in [-0.25, -0.2) is 14.3 Å². The molecule has 0 saturated carbocycles. The van der Waals surface area contributed by atoms with Crippen LogP contribution < -0.4 is 9.44 Å². The number of hydrogen-bond acceptors (Lipinski definition) is 6. The van der Waals surface area contributed by atoms with Crippen molar-refractivity contribution in [2.45, 2.75) is 11.8 Å². The minimum absolute atomic E-state index is 0.0845. The van der Waals surface area contributed by atoms with E-state index in [0.29, 0.717) is 0 Å². The minimum Gasteiger partial charge on any atom is -0.466 e. The number of methoxy groups -OCH3 is 2. The third-order valence-corrected chi connectivity index (χ3v) is 5.50. The van der Waals surface area contributed by atoms with Gasteiger partial charge >= 0.3 is 22.3 Å². The van der Waals surface area contributed by atoms with Crippen LogP contribution in [0, 0.1) is 0 Å². The first-order valence-corrected chi connectivity index (χ1v) is 10.5. The zero-order valence-corrected chi connectivity index (χ0v) is 17.5. The van der Waals surface area contributed by atoms with Gasteiger partial charge in [-0.2, -0.15) is 13.1 Å². The zero-order chi connectivity index (χ0) is 22.0. The number of carbonyl (C=O) groups excluding carboxylic acids is 2. The molecule has 0 aliphatic carbocycles. The number of allylic oxidation sites excluding steroid dienone is 1. The van der Waals surface area contributed by atoms with E-state index in [1.165, 1.54) is 13.2 Å². The Kier molecular flexibility index (Phi) is 8.14. The van der Waals surface area contributed by atoms with Crippen molar-refractivity contribution < 1.29 is 27.5 Å². The van der Waals surface area contributed by atoms with Crippen LogP contribution in [0.2, 0.25) is 0 Å². The van der Waals surface area contributed by atoms with Gasteiger partial charge in [0.2, 0.25) is 0 Å². The molecule has 0 fully saturated rings. The average Bonchev–Trinajstić information content (AvgIpc) is 2.76. The molecule has 0 spiro atoms. The van der Waals surface area contributed by atoms with Crippen molar-refractivity contribution in [2.75, 3.05) is 20.8 Å². The molecule has 0 aromatic heterocycles. The number of ether oxygens (including phenoxy) is 2. The van der Waals surface area contributed by atoms with Gasteiger partial charge in [-0.3, -0.25) is 0 Å². The number of nitrogens with one attached hydrogen (secondary N) is 2. The van der Waals surface area contributed by atoms with Gasteiger partial charge in [-0.15, -0.1) is 0 Å². The predicted molar refractivity (Wildman–Crippen MR) is 112 cm³/mol. The monoisotopic (exact) mass is 432 g/mol. The molecule has 2 aromatic rings. The summed E-state index contributed by atoms with van der Waals surface area (Å²) >= 11 is 0. The second kappa shape index (κ2) is 10.6. The Balaban J connectivity index is 2.49. The summed E-state index contributed by atoms with van der Waals surface area (Å²) in [5.41, 5.74) is 0.788. The topological polar surface area (TPSA) is 111 Å². The van der Waals surface area contributed by atoms with E-state index in [1.54, 1.807) is 10.8 Å². The summed E-state index contributed by atoms with van der Waals surface area (Å²) in [6.45, 7) is -0.0845. The number of carbonyl (C=O) groups is 2. The molecule has 160 valence electrons. The number of hydrogen-bond donors (Lipinski definition) is 2. The third-order valence-electron chi connectivity index (χ3n) is 4.54. The van der Waals surface area contributed by atoms with E-state index < -0.39 is 27.7 Å². The van der Waals surface area contributed by atoms with Gasteiger partial charge in [-0.05, 0) is 17.5 Å². The lowest BCUT2D eigenvalue weighted by atomic mass is 9.72. The van der Waals surface area contributed by atoms with Crippen LogP contribution in [0.25, 0.3) is 0 Å². The van der Waals surface area contributed by atoms with Crippen molar-refractivity contribution in [1.29, 1.82) is 0 Å². The molecule has 2 N–H and O–H groups in total. The van der Waals surface area contributed by atoms with E-state index in [-0.39, 0.29) is 13.0 Å². The van der Waals surface area contributed by atoms with Gasteiger partial charge < -0.3 is 9.47 Å². The summed E-state index contributed by atoms with van der Waals surface area (Å²) in [6, 6.07) is 18.6. The van der Waals surface area contributed by atoms with Crippen LogP contribution in [0.5, 0.6) is 0 Å². The quantitative estimate of drug-likeness (QED) is 0.465. The molecule has 0 atom stereocenters. The summed E-state index contributed by atoms with van der Waals surface area (Å²) in [7, 11) is -1.83. The molecule has 0 saturated heterocycles. The van der Waals surface area contributed by atoms with Crippen molar-refractivity contribution in [3.63, 3.8) is 0 Å². The Morgan fingerprint density at radius 1 is 0.933 bits per heavy atom. The number of rotatable bonds is 9. The van der Waals surface area contributed by atoms with Crippen molar-refractivity contribution in [3.8, 4) is 0 Å². The van der Waals surface area contributed by atoms with Crippen LogP contribution in [0.1, 0.15) is 17.5 Å². The van der Waals surface area contributed by atoms with Crippen LogP contribution in [0.3, 0.4) is 0 Å². The molecule has 0 radical (unpaired) electrons. The fraction of sp³-hybridized carbons (Fsp3) is 0.238. The van der Waals surface area contributed by atoms with Gasteiger partial charge in [-0.1, -0.05) is 66.7 Å². The molecular formula is C21H24N2O6S. The van der Waals surface area contributed by atoms with Gasteiger partial charge in [0.05, 0.1) is 14.2 Å². The largest absolute Gasteiger partial charge is 0.466 e. The molecule has 0 unspecified atom stereocenters. The fourth-order valence-corrected chi connectivity index (χ4v) is 3.83. The normalized spacial score (nSPS) is 11.8. The van der Waals surface area contributed by atoms with Crippen molar-refractivity contribution >= 4 is 22.3 Å². The molecule has 9 heteroatoms. The number of amides is 1. The SMILES string of the molecule is COC(=O)/C=C/CC(CNS(=O)(=O)NC(=O)OC)(c1ccccc1)c1ccccc1. The highest BCUT2D eigenvalue weighted by molar-refractivity contribution is 7.88. The standard InChI is InChI=1S/C21H24N2O6S/c1-28-19(24)14-9-15-21(17-10-5-3-6-11-17,18-12-7-4-8-13-18)16-22-30(26,27)23-20(25)29-2/h3-14,22H,15-16H2,1-2H3,(H,23,25)/b14-9+. The molecule has 2 aromatic carbocycles. The van der Waals surface area contributed by atoms with E-state index in [1.807, 2.05) is 60.7 Å². The molecule has 2 rings (SSSR count). The average molecular weight is 432 g/mol. The minimum atomic E-state index is -4.18. The van der Waals surface area contributed by atoms with Gasteiger partial charge in [0, 0.05) is 18.0 Å². The molecule has 0 bridgehead atoms. The molecule has 8 nitrogen and oxygen atoms in total. The predicted octanol–water partition coefficient (Wildman–Crippen LogP) is 2.28. The van der Waals surface area contributed by atoms with E-state index in [4.69, 9.17) is 0 Å². The van der Waals surface area contributed by atoms with Crippen molar-refractivity contribution in [2.24, 2.45) is 0 Å². The third kappa shape index (κ3) is 6.16. The lowest BCUT2D eigenvalue weighted by Crippen LogP contribution is -2.47. The smallest absolute Gasteiger partial charge is 0.421 e. The fourth-order valence-electron chi connectivity index (χ4n) is 3.02. The first kappa shape index (κ1) is 23.1. The van der Waals surface area contributed by atoms with Crippen molar-refractivity contribution in [3.05, 3.63) is 83.9 Å². The van der Waals surface area contributed by atoms with E-state index in [2.05, 4.69) is 14.2 Å². The summed E-state index contributed by atoms with van der Waals surface area (Å²) < 4.78 is 37.8. The first-order chi connectivity index (χ1) is 14.3. The summed E-state index contributed by atoms with van der Waals surface area (Å²) in [5, 5.41) is 0. The molecule has 1 amide bonds. The second-order valence-electron chi connectivity index (χ2n) is 6.36. The molecule has 0 heterocycles. The van der Waals surface area contributed by atoms with Crippen LogP contribution in [0.15, 0.2) is 72.8 Å². The maximum Gasteiger partial charge on any atom is 0.421 e. The first-order valence-electron chi connectivity index (χ1n) is 9.04. The lowest BCUT2D eigenvalue weighted by Gasteiger charge is -2.34. The Hall–Kier alpha value is -3.17. The Morgan fingerprint density at radius 3 is 1.93 bits per heavy atom. The summed E-state index contributed by atoms with van der Waals surface area (Å²) in [5.74, 6) is -0.516.